The lowest BCUT2D eigenvalue weighted by Gasteiger charge is -2.22. The molecule has 0 radical (unpaired) electrons. The second-order valence-corrected chi connectivity index (χ2v) is 6.69. The Morgan fingerprint density at radius 3 is 2.95 bits per heavy atom. The maximum absolute atomic E-state index is 4.64. The van der Waals surface area contributed by atoms with Gasteiger partial charge in [0, 0.05) is 30.6 Å². The number of fused-ring (bicyclic) bond motifs is 1. The number of hydrogen-bond donors (Lipinski definition) is 1. The van der Waals surface area contributed by atoms with Crippen molar-refractivity contribution in [3.05, 3.63) is 16.5 Å². The second kappa shape index (κ2) is 5.37. The summed E-state index contributed by atoms with van der Waals surface area (Å²) in [7, 11) is 0. The highest BCUT2D eigenvalue weighted by atomic mass is 79.9. The van der Waals surface area contributed by atoms with E-state index >= 15 is 0 Å². The predicted molar refractivity (Wildman–Crippen MR) is 80.4 cm³/mol. The van der Waals surface area contributed by atoms with Crippen LogP contribution in [0.1, 0.15) is 44.9 Å². The summed E-state index contributed by atoms with van der Waals surface area (Å²) in [5, 5.41) is 3.63. The minimum absolute atomic E-state index is 0.351. The SMILES string of the molecule is CC(C)c1nc(Br)cc(NC2CCN3CCCC23)n1. The van der Waals surface area contributed by atoms with Crippen molar-refractivity contribution in [3.63, 3.8) is 0 Å². The van der Waals surface area contributed by atoms with Gasteiger partial charge in [-0.2, -0.15) is 0 Å². The largest absolute Gasteiger partial charge is 0.366 e. The molecule has 5 heteroatoms. The highest BCUT2D eigenvalue weighted by molar-refractivity contribution is 9.10. The predicted octanol–water partition coefficient (Wildman–Crippen LogP) is 3.01. The minimum Gasteiger partial charge on any atom is -0.366 e. The molecule has 4 nitrogen and oxygen atoms in total. The Kier molecular flexibility index (Phi) is 3.76. The van der Waals surface area contributed by atoms with Crippen molar-refractivity contribution in [3.8, 4) is 0 Å². The molecule has 2 atom stereocenters. The first-order chi connectivity index (χ1) is 9.13. The Morgan fingerprint density at radius 2 is 2.16 bits per heavy atom. The number of nitrogens with zero attached hydrogens (tertiary/aromatic N) is 3. The van der Waals surface area contributed by atoms with E-state index in [1.54, 1.807) is 0 Å². The van der Waals surface area contributed by atoms with Gasteiger partial charge >= 0.3 is 0 Å². The van der Waals surface area contributed by atoms with Crippen molar-refractivity contribution in [2.45, 2.75) is 51.1 Å². The van der Waals surface area contributed by atoms with Crippen LogP contribution in [0.15, 0.2) is 10.7 Å². The van der Waals surface area contributed by atoms with Gasteiger partial charge in [-0.1, -0.05) is 13.8 Å². The van der Waals surface area contributed by atoms with Crippen LogP contribution in [0.3, 0.4) is 0 Å². The monoisotopic (exact) mass is 324 g/mol. The van der Waals surface area contributed by atoms with Gasteiger partial charge in [0.1, 0.15) is 16.2 Å². The first-order valence-corrected chi connectivity index (χ1v) is 7.98. The Labute approximate surface area is 123 Å². The van der Waals surface area contributed by atoms with Crippen LogP contribution in [0.2, 0.25) is 0 Å². The fraction of sp³-hybridized carbons (Fsp3) is 0.714. The smallest absolute Gasteiger partial charge is 0.134 e. The molecule has 1 N–H and O–H groups in total. The molecule has 0 bridgehead atoms. The van der Waals surface area contributed by atoms with Crippen molar-refractivity contribution < 1.29 is 0 Å². The summed E-state index contributed by atoms with van der Waals surface area (Å²) in [6, 6.07) is 3.24. The summed E-state index contributed by atoms with van der Waals surface area (Å²) >= 11 is 3.49. The van der Waals surface area contributed by atoms with E-state index in [0.717, 1.165) is 16.2 Å². The maximum Gasteiger partial charge on any atom is 0.134 e. The highest BCUT2D eigenvalue weighted by Gasteiger charge is 2.37. The standard InChI is InChI=1S/C14H21BrN4/c1-9(2)14-17-12(15)8-13(18-14)16-10-5-7-19-6-3-4-11(10)19/h8-11H,3-7H2,1-2H3,(H,16,17,18). The van der Waals surface area contributed by atoms with Crippen LogP contribution in [0, 0.1) is 0 Å². The van der Waals surface area contributed by atoms with Gasteiger partial charge < -0.3 is 5.32 Å². The third kappa shape index (κ3) is 2.77. The average molecular weight is 325 g/mol. The van der Waals surface area contributed by atoms with Crippen LogP contribution in [0.25, 0.3) is 0 Å². The molecular formula is C14H21BrN4. The molecule has 2 unspecified atom stereocenters. The Bertz CT molecular complexity index is 463. The van der Waals surface area contributed by atoms with Gasteiger partial charge in [0.05, 0.1) is 0 Å². The number of anilines is 1. The highest BCUT2D eigenvalue weighted by Crippen LogP contribution is 2.30. The van der Waals surface area contributed by atoms with Crippen LogP contribution in [-0.2, 0) is 0 Å². The van der Waals surface area contributed by atoms with Gasteiger partial charge in [-0.3, -0.25) is 4.90 Å². The average Bonchev–Trinajstić information content (AvgIpc) is 2.93. The van der Waals surface area contributed by atoms with E-state index in [2.05, 4.69) is 50.0 Å². The lowest BCUT2D eigenvalue weighted by atomic mass is 10.1. The van der Waals surface area contributed by atoms with Crippen LogP contribution in [-0.4, -0.2) is 40.0 Å². The molecule has 0 amide bonds. The number of nitrogens with one attached hydrogen (secondary N) is 1. The van der Waals surface area contributed by atoms with Gasteiger partial charge in [0.25, 0.3) is 0 Å². The lowest BCUT2D eigenvalue weighted by Crippen LogP contribution is -2.34. The maximum atomic E-state index is 4.64. The molecular weight excluding hydrogens is 304 g/mol. The molecule has 1 aromatic heterocycles. The Morgan fingerprint density at radius 1 is 1.32 bits per heavy atom. The van der Waals surface area contributed by atoms with E-state index in [1.807, 2.05) is 6.07 Å². The number of halogens is 1. The van der Waals surface area contributed by atoms with Gasteiger partial charge in [-0.25, -0.2) is 9.97 Å². The summed E-state index contributed by atoms with van der Waals surface area (Å²) in [4.78, 5) is 11.7. The van der Waals surface area contributed by atoms with Gasteiger partial charge in [0.15, 0.2) is 0 Å². The van der Waals surface area contributed by atoms with Crippen LogP contribution in [0.4, 0.5) is 5.82 Å². The van der Waals surface area contributed by atoms with Crippen molar-refractivity contribution in [1.82, 2.24) is 14.9 Å². The van der Waals surface area contributed by atoms with Crippen molar-refractivity contribution in [2.75, 3.05) is 18.4 Å². The first-order valence-electron chi connectivity index (χ1n) is 7.18. The zero-order valence-corrected chi connectivity index (χ0v) is 13.2. The molecule has 0 aliphatic carbocycles. The molecule has 3 heterocycles. The molecule has 2 fully saturated rings. The van der Waals surface area contributed by atoms with E-state index in [9.17, 15) is 0 Å². The molecule has 0 saturated carbocycles. The summed E-state index contributed by atoms with van der Waals surface area (Å²) in [5.74, 6) is 2.21. The molecule has 0 aromatic carbocycles. The first kappa shape index (κ1) is 13.3. The number of hydrogen-bond acceptors (Lipinski definition) is 4. The van der Waals surface area contributed by atoms with E-state index in [1.165, 1.54) is 32.4 Å². The molecule has 3 rings (SSSR count). The third-order valence-corrected chi connectivity index (χ3v) is 4.57. The van der Waals surface area contributed by atoms with Crippen LogP contribution in [0.5, 0.6) is 0 Å². The van der Waals surface area contributed by atoms with E-state index in [-0.39, 0.29) is 0 Å². The van der Waals surface area contributed by atoms with Crippen molar-refractivity contribution in [2.24, 2.45) is 0 Å². The fourth-order valence-electron chi connectivity index (χ4n) is 3.21. The van der Waals surface area contributed by atoms with Gasteiger partial charge in [-0.05, 0) is 41.7 Å². The van der Waals surface area contributed by atoms with Crippen LogP contribution < -0.4 is 5.32 Å². The summed E-state index contributed by atoms with van der Waals surface area (Å²) in [6.45, 7) is 6.75. The van der Waals surface area contributed by atoms with Crippen molar-refractivity contribution in [1.29, 1.82) is 0 Å². The topological polar surface area (TPSA) is 41.1 Å². The van der Waals surface area contributed by atoms with E-state index in [0.29, 0.717) is 18.0 Å². The summed E-state index contributed by atoms with van der Waals surface area (Å²) in [6.07, 6.45) is 3.89. The normalized spacial score (nSPS) is 26.9. The third-order valence-electron chi connectivity index (χ3n) is 4.17. The second-order valence-electron chi connectivity index (χ2n) is 5.87. The Balaban J connectivity index is 1.76. The van der Waals surface area contributed by atoms with Crippen molar-refractivity contribution >= 4 is 21.7 Å². The molecule has 2 aliphatic rings. The van der Waals surface area contributed by atoms with E-state index in [4.69, 9.17) is 0 Å². The summed E-state index contributed by atoms with van der Waals surface area (Å²) < 4.78 is 0.870. The zero-order valence-electron chi connectivity index (χ0n) is 11.6. The molecule has 19 heavy (non-hydrogen) atoms. The molecule has 104 valence electrons. The molecule has 0 spiro atoms. The number of rotatable bonds is 3. The fourth-order valence-corrected chi connectivity index (χ4v) is 3.61. The Hall–Kier alpha value is -0.680. The quantitative estimate of drug-likeness (QED) is 0.868. The number of aromatic nitrogens is 2. The lowest BCUT2D eigenvalue weighted by molar-refractivity contribution is 0.318. The molecule has 2 saturated heterocycles. The van der Waals surface area contributed by atoms with E-state index < -0.39 is 0 Å². The van der Waals surface area contributed by atoms with Gasteiger partial charge in [0.2, 0.25) is 0 Å². The van der Waals surface area contributed by atoms with Crippen LogP contribution >= 0.6 is 15.9 Å². The van der Waals surface area contributed by atoms with Gasteiger partial charge in [-0.15, -0.1) is 0 Å². The zero-order chi connectivity index (χ0) is 13.4. The summed E-state index contributed by atoms with van der Waals surface area (Å²) in [5.41, 5.74) is 0. The molecule has 1 aromatic rings. The molecule has 2 aliphatic heterocycles. The minimum atomic E-state index is 0.351.